The highest BCUT2D eigenvalue weighted by molar-refractivity contribution is 5.94. The lowest BCUT2D eigenvalue weighted by molar-refractivity contribution is 0.0936. The summed E-state index contributed by atoms with van der Waals surface area (Å²) >= 11 is 0. The average Bonchev–Trinajstić information content (AvgIpc) is 2.80. The molecule has 1 amide bonds. The van der Waals surface area contributed by atoms with Gasteiger partial charge in [-0.2, -0.15) is 0 Å². The predicted molar refractivity (Wildman–Crippen MR) is 61.9 cm³/mol. The lowest BCUT2D eigenvalue weighted by Crippen LogP contribution is -2.33. The Balaban J connectivity index is 2.05. The molecule has 1 aromatic rings. The number of carbonyl (C=O) groups is 1. The first-order valence-electron chi connectivity index (χ1n) is 5.66. The van der Waals surface area contributed by atoms with Gasteiger partial charge in [0.15, 0.2) is 11.6 Å². The molecular formula is C13H13F2NO2. The van der Waals surface area contributed by atoms with Gasteiger partial charge in [-0.3, -0.25) is 4.79 Å². The van der Waals surface area contributed by atoms with Crippen LogP contribution in [0, 0.1) is 17.6 Å². The molecule has 0 aliphatic heterocycles. The summed E-state index contributed by atoms with van der Waals surface area (Å²) in [4.78, 5) is 11.8. The molecule has 2 N–H and O–H groups in total. The highest BCUT2D eigenvalue weighted by Gasteiger charge is 2.22. The molecule has 1 aliphatic rings. The van der Waals surface area contributed by atoms with Crippen LogP contribution in [0.1, 0.15) is 16.8 Å². The van der Waals surface area contributed by atoms with E-state index in [4.69, 9.17) is 5.11 Å². The van der Waals surface area contributed by atoms with Crippen molar-refractivity contribution in [2.75, 3.05) is 6.61 Å². The second-order valence-electron chi connectivity index (χ2n) is 4.24. The van der Waals surface area contributed by atoms with Crippen LogP contribution in [0.2, 0.25) is 0 Å². The number of nitrogens with one attached hydrogen (secondary N) is 1. The third-order valence-electron chi connectivity index (χ3n) is 2.92. The van der Waals surface area contributed by atoms with Crippen LogP contribution in [-0.2, 0) is 0 Å². The molecule has 5 heteroatoms. The summed E-state index contributed by atoms with van der Waals surface area (Å²) in [6, 6.07) is 3.23. The van der Waals surface area contributed by atoms with Gasteiger partial charge >= 0.3 is 0 Å². The molecule has 0 aromatic heterocycles. The number of aliphatic hydroxyl groups excluding tert-OH is 1. The number of aliphatic hydroxyl groups is 1. The number of hydrogen-bond donors (Lipinski definition) is 2. The molecule has 2 rings (SSSR count). The largest absolute Gasteiger partial charge is 0.396 e. The highest BCUT2D eigenvalue weighted by Crippen LogP contribution is 2.18. The number of halogens is 2. The van der Waals surface area contributed by atoms with Crippen LogP contribution in [0.5, 0.6) is 0 Å². The normalized spacial score (nSPS) is 22.2. The topological polar surface area (TPSA) is 49.3 Å². The van der Waals surface area contributed by atoms with Crippen molar-refractivity contribution in [3.05, 3.63) is 47.5 Å². The maximum Gasteiger partial charge on any atom is 0.254 e. The van der Waals surface area contributed by atoms with Gasteiger partial charge in [0, 0.05) is 18.6 Å². The van der Waals surface area contributed by atoms with E-state index in [9.17, 15) is 13.6 Å². The zero-order valence-corrected chi connectivity index (χ0v) is 9.57. The monoisotopic (exact) mass is 253 g/mol. The third-order valence-corrected chi connectivity index (χ3v) is 2.92. The van der Waals surface area contributed by atoms with E-state index in [2.05, 4.69) is 5.32 Å². The van der Waals surface area contributed by atoms with Crippen molar-refractivity contribution >= 4 is 5.91 Å². The lowest BCUT2D eigenvalue weighted by atomic mass is 10.1. The summed E-state index contributed by atoms with van der Waals surface area (Å²) in [7, 11) is 0. The minimum Gasteiger partial charge on any atom is -0.396 e. The molecule has 1 aromatic carbocycles. The second kappa shape index (κ2) is 5.27. The fourth-order valence-electron chi connectivity index (χ4n) is 1.94. The molecule has 0 spiro atoms. The van der Waals surface area contributed by atoms with Gasteiger partial charge in [0.1, 0.15) is 0 Å². The Morgan fingerprint density at radius 3 is 2.83 bits per heavy atom. The standard InChI is InChI=1S/C13H13F2NO2/c14-11-3-1-2-10(12(11)15)13(18)16-9-5-4-8(6-9)7-17/h1-5,8-9,17H,6-7H2,(H,16,18)/t8-,9+/m0/s1. The molecule has 0 unspecified atom stereocenters. The van der Waals surface area contributed by atoms with E-state index >= 15 is 0 Å². The molecule has 0 heterocycles. The Labute approximate surface area is 103 Å². The molecule has 0 fully saturated rings. The van der Waals surface area contributed by atoms with Gasteiger partial charge in [-0.25, -0.2) is 8.78 Å². The minimum atomic E-state index is -1.14. The third kappa shape index (κ3) is 2.56. The van der Waals surface area contributed by atoms with Gasteiger partial charge < -0.3 is 10.4 Å². The molecule has 0 saturated heterocycles. The summed E-state index contributed by atoms with van der Waals surface area (Å²) in [5, 5.41) is 11.5. The zero-order chi connectivity index (χ0) is 13.1. The van der Waals surface area contributed by atoms with Crippen LogP contribution >= 0.6 is 0 Å². The molecule has 18 heavy (non-hydrogen) atoms. The van der Waals surface area contributed by atoms with Crippen LogP contribution in [0.3, 0.4) is 0 Å². The van der Waals surface area contributed by atoms with Crippen molar-refractivity contribution in [1.29, 1.82) is 0 Å². The number of rotatable bonds is 3. The van der Waals surface area contributed by atoms with Crippen LogP contribution in [0.25, 0.3) is 0 Å². The lowest BCUT2D eigenvalue weighted by Gasteiger charge is -2.13. The Bertz CT molecular complexity index is 488. The molecule has 0 saturated carbocycles. The Morgan fingerprint density at radius 2 is 2.17 bits per heavy atom. The van der Waals surface area contributed by atoms with E-state index < -0.39 is 17.5 Å². The molecule has 3 nitrogen and oxygen atoms in total. The van der Waals surface area contributed by atoms with Crippen LogP contribution in [0.15, 0.2) is 30.4 Å². The zero-order valence-electron chi connectivity index (χ0n) is 9.57. The predicted octanol–water partition coefficient (Wildman–Crippen LogP) is 1.63. The van der Waals surface area contributed by atoms with Crippen LogP contribution in [-0.4, -0.2) is 23.7 Å². The van der Waals surface area contributed by atoms with Crippen molar-refractivity contribution in [2.24, 2.45) is 5.92 Å². The molecule has 0 radical (unpaired) electrons. The average molecular weight is 253 g/mol. The summed E-state index contributed by atoms with van der Waals surface area (Å²) in [6.07, 6.45) is 4.11. The van der Waals surface area contributed by atoms with E-state index in [-0.39, 0.29) is 24.1 Å². The fraction of sp³-hybridized carbons (Fsp3) is 0.308. The number of carbonyl (C=O) groups excluding carboxylic acids is 1. The minimum absolute atomic E-state index is 0.00709. The number of amides is 1. The van der Waals surface area contributed by atoms with Crippen LogP contribution in [0.4, 0.5) is 8.78 Å². The van der Waals surface area contributed by atoms with E-state index in [1.54, 1.807) is 12.2 Å². The SMILES string of the molecule is O=C(N[C@@H]1C=C[C@H](CO)C1)c1cccc(F)c1F. The van der Waals surface area contributed by atoms with Gasteiger partial charge in [-0.05, 0) is 18.6 Å². The van der Waals surface area contributed by atoms with E-state index in [1.807, 2.05) is 0 Å². The van der Waals surface area contributed by atoms with Crippen molar-refractivity contribution in [3.63, 3.8) is 0 Å². The van der Waals surface area contributed by atoms with E-state index in [0.717, 1.165) is 6.07 Å². The van der Waals surface area contributed by atoms with Gasteiger partial charge in [-0.1, -0.05) is 18.2 Å². The first-order valence-corrected chi connectivity index (χ1v) is 5.66. The Morgan fingerprint density at radius 1 is 1.39 bits per heavy atom. The summed E-state index contributed by atoms with van der Waals surface area (Å²) in [5.41, 5.74) is -0.309. The second-order valence-corrected chi connectivity index (χ2v) is 4.24. The summed E-state index contributed by atoms with van der Waals surface area (Å²) in [6.45, 7) is 0.0111. The van der Waals surface area contributed by atoms with Crippen molar-refractivity contribution in [3.8, 4) is 0 Å². The van der Waals surface area contributed by atoms with E-state index in [0.29, 0.717) is 6.42 Å². The van der Waals surface area contributed by atoms with Gasteiger partial charge in [0.2, 0.25) is 0 Å². The van der Waals surface area contributed by atoms with Crippen molar-refractivity contribution in [2.45, 2.75) is 12.5 Å². The highest BCUT2D eigenvalue weighted by atomic mass is 19.2. The quantitative estimate of drug-likeness (QED) is 0.804. The Hall–Kier alpha value is -1.75. The fourth-order valence-corrected chi connectivity index (χ4v) is 1.94. The molecule has 1 aliphatic carbocycles. The molecule has 96 valence electrons. The summed E-state index contributed by atoms with van der Waals surface area (Å²) in [5.74, 6) is -2.83. The van der Waals surface area contributed by atoms with E-state index in [1.165, 1.54) is 12.1 Å². The first-order chi connectivity index (χ1) is 8.61. The number of hydrogen-bond acceptors (Lipinski definition) is 2. The van der Waals surface area contributed by atoms with Gasteiger partial charge in [0.25, 0.3) is 5.91 Å². The van der Waals surface area contributed by atoms with Crippen LogP contribution < -0.4 is 5.32 Å². The Kier molecular flexibility index (Phi) is 3.72. The summed E-state index contributed by atoms with van der Waals surface area (Å²) < 4.78 is 26.3. The van der Waals surface area contributed by atoms with Crippen molar-refractivity contribution in [1.82, 2.24) is 5.32 Å². The van der Waals surface area contributed by atoms with Gasteiger partial charge in [0.05, 0.1) is 5.56 Å². The van der Waals surface area contributed by atoms with Crippen molar-refractivity contribution < 1.29 is 18.7 Å². The maximum absolute atomic E-state index is 13.4. The molecule has 0 bridgehead atoms. The maximum atomic E-state index is 13.4. The number of benzene rings is 1. The smallest absolute Gasteiger partial charge is 0.254 e. The molecule has 2 atom stereocenters. The van der Waals surface area contributed by atoms with Gasteiger partial charge in [-0.15, -0.1) is 0 Å². The first kappa shape index (κ1) is 12.7. The molecular weight excluding hydrogens is 240 g/mol.